The predicted octanol–water partition coefficient (Wildman–Crippen LogP) is 4.24. The van der Waals surface area contributed by atoms with E-state index < -0.39 is 11.9 Å². The number of benzene rings is 3. The van der Waals surface area contributed by atoms with Crippen LogP contribution in [0, 0.1) is 0 Å². The number of hydrogen-bond donors (Lipinski definition) is 3. The van der Waals surface area contributed by atoms with Gasteiger partial charge in [-0.2, -0.15) is 0 Å². The van der Waals surface area contributed by atoms with Gasteiger partial charge in [-0.25, -0.2) is 10.2 Å². The smallest absolute Gasteiger partial charge is 0.337 e. The van der Waals surface area contributed by atoms with Gasteiger partial charge in [0.1, 0.15) is 5.75 Å². The largest absolute Gasteiger partial charge is 0.484 e. The monoisotopic (exact) mass is 395 g/mol. The van der Waals surface area contributed by atoms with Crippen molar-refractivity contribution in [2.75, 3.05) is 11.9 Å². The Balaban J connectivity index is 1.42. The van der Waals surface area contributed by atoms with Gasteiger partial charge in [0.25, 0.3) is 5.91 Å². The molecule has 0 aromatic heterocycles. The third-order valence-electron chi connectivity index (χ3n) is 3.73. The lowest BCUT2D eigenvalue weighted by atomic mass is 10.1. The summed E-state index contributed by atoms with van der Waals surface area (Å²) in [6.07, 6.45) is 0. The van der Waals surface area contributed by atoms with Crippen molar-refractivity contribution in [3.63, 3.8) is 0 Å². The van der Waals surface area contributed by atoms with Crippen LogP contribution in [0.25, 0.3) is 11.1 Å². The molecule has 0 bridgehead atoms. The van der Waals surface area contributed by atoms with Gasteiger partial charge in [0, 0.05) is 10.7 Å². The molecule has 0 atom stereocenters. The molecule has 0 aliphatic rings. The van der Waals surface area contributed by atoms with Gasteiger partial charge in [-0.05, 0) is 41.5 Å². The second-order valence-corrected chi connectivity index (χ2v) is 6.25. The van der Waals surface area contributed by atoms with Crippen molar-refractivity contribution >= 4 is 29.2 Å². The number of carbonyl (C=O) groups is 2. The van der Waals surface area contributed by atoms with Gasteiger partial charge < -0.3 is 10.1 Å². The zero-order chi connectivity index (χ0) is 19.8. The summed E-state index contributed by atoms with van der Waals surface area (Å²) in [4.78, 5) is 23.6. The van der Waals surface area contributed by atoms with Gasteiger partial charge in [-0.15, -0.1) is 0 Å². The van der Waals surface area contributed by atoms with E-state index in [1.54, 1.807) is 36.4 Å². The van der Waals surface area contributed by atoms with E-state index in [1.807, 2.05) is 42.5 Å². The maximum absolute atomic E-state index is 11.8. The summed E-state index contributed by atoms with van der Waals surface area (Å²) >= 11 is 5.84. The molecule has 142 valence electrons. The summed E-state index contributed by atoms with van der Waals surface area (Å²) in [6, 6.07) is 23.4. The highest BCUT2D eigenvalue weighted by Crippen LogP contribution is 2.22. The second-order valence-electron chi connectivity index (χ2n) is 5.82. The minimum atomic E-state index is -0.595. The lowest BCUT2D eigenvalue weighted by Crippen LogP contribution is -2.45. The molecule has 0 heterocycles. The van der Waals surface area contributed by atoms with Gasteiger partial charge in [0.05, 0.1) is 0 Å². The lowest BCUT2D eigenvalue weighted by Gasteiger charge is -2.10. The molecule has 0 saturated carbocycles. The molecule has 0 spiro atoms. The highest BCUT2D eigenvalue weighted by Gasteiger charge is 2.06. The number of urea groups is 1. The highest BCUT2D eigenvalue weighted by atomic mass is 35.5. The van der Waals surface area contributed by atoms with Gasteiger partial charge in [0.2, 0.25) is 0 Å². The molecular formula is C21H18ClN3O3. The Morgan fingerprint density at radius 2 is 1.54 bits per heavy atom. The first kappa shape index (κ1) is 19.3. The van der Waals surface area contributed by atoms with E-state index in [-0.39, 0.29) is 6.61 Å². The van der Waals surface area contributed by atoms with E-state index in [4.69, 9.17) is 16.3 Å². The average molecular weight is 396 g/mol. The molecule has 3 aromatic carbocycles. The lowest BCUT2D eigenvalue weighted by molar-refractivity contribution is -0.123. The fourth-order valence-electron chi connectivity index (χ4n) is 2.41. The molecule has 3 rings (SSSR count). The van der Waals surface area contributed by atoms with Crippen LogP contribution in [-0.4, -0.2) is 18.5 Å². The Morgan fingerprint density at radius 1 is 0.821 bits per heavy atom. The van der Waals surface area contributed by atoms with E-state index in [1.165, 1.54) is 0 Å². The number of carbonyl (C=O) groups excluding carboxylic acids is 2. The summed E-state index contributed by atoms with van der Waals surface area (Å²) in [5, 5.41) is 3.04. The van der Waals surface area contributed by atoms with Crippen molar-refractivity contribution in [2.24, 2.45) is 0 Å². The van der Waals surface area contributed by atoms with Crippen molar-refractivity contribution in [2.45, 2.75) is 0 Å². The standard InChI is InChI=1S/C21H18ClN3O3/c22-17-7-4-8-18(13-17)23-21(27)25-24-20(26)14-28-19-11-9-16(10-12-19)15-5-2-1-3-6-15/h1-13H,14H2,(H,24,26)(H2,23,25,27). The Labute approximate surface area is 167 Å². The maximum atomic E-state index is 11.8. The molecule has 3 amide bonds. The molecule has 0 fully saturated rings. The number of halogens is 1. The van der Waals surface area contributed by atoms with Crippen LogP contribution in [0.15, 0.2) is 78.9 Å². The molecule has 0 saturated heterocycles. The van der Waals surface area contributed by atoms with Crippen LogP contribution in [0.3, 0.4) is 0 Å². The van der Waals surface area contributed by atoms with E-state index in [0.29, 0.717) is 16.5 Å². The van der Waals surface area contributed by atoms with E-state index >= 15 is 0 Å². The highest BCUT2D eigenvalue weighted by molar-refractivity contribution is 6.30. The molecule has 0 unspecified atom stereocenters. The fourth-order valence-corrected chi connectivity index (χ4v) is 2.60. The topological polar surface area (TPSA) is 79.5 Å². The first-order valence-electron chi connectivity index (χ1n) is 8.50. The van der Waals surface area contributed by atoms with Crippen LogP contribution < -0.4 is 20.9 Å². The number of rotatable bonds is 5. The SMILES string of the molecule is O=C(COc1ccc(-c2ccccc2)cc1)NNC(=O)Nc1cccc(Cl)c1. The molecule has 0 radical (unpaired) electrons. The zero-order valence-corrected chi connectivity index (χ0v) is 15.6. The third kappa shape index (κ3) is 5.75. The van der Waals surface area contributed by atoms with Crippen LogP contribution in [0.4, 0.5) is 10.5 Å². The van der Waals surface area contributed by atoms with Gasteiger partial charge in [-0.1, -0.05) is 60.1 Å². The Bertz CT molecular complexity index is 947. The predicted molar refractivity (Wildman–Crippen MR) is 109 cm³/mol. The van der Waals surface area contributed by atoms with Crippen molar-refractivity contribution in [3.8, 4) is 16.9 Å². The van der Waals surface area contributed by atoms with Crippen LogP contribution >= 0.6 is 11.6 Å². The van der Waals surface area contributed by atoms with Crippen LogP contribution in [0.1, 0.15) is 0 Å². The molecule has 6 nitrogen and oxygen atoms in total. The molecule has 0 aliphatic carbocycles. The minimum Gasteiger partial charge on any atom is -0.484 e. The number of amides is 3. The zero-order valence-electron chi connectivity index (χ0n) is 14.8. The number of hydrazine groups is 1. The van der Waals surface area contributed by atoms with Crippen molar-refractivity contribution < 1.29 is 14.3 Å². The van der Waals surface area contributed by atoms with Crippen LogP contribution in [0.5, 0.6) is 5.75 Å². The average Bonchev–Trinajstić information content (AvgIpc) is 2.72. The summed E-state index contributed by atoms with van der Waals surface area (Å²) in [5.41, 5.74) is 7.17. The van der Waals surface area contributed by atoms with Gasteiger partial charge in [-0.3, -0.25) is 10.2 Å². The molecule has 3 N–H and O–H groups in total. The van der Waals surface area contributed by atoms with Crippen molar-refractivity contribution in [3.05, 3.63) is 83.9 Å². The van der Waals surface area contributed by atoms with Crippen molar-refractivity contribution in [1.29, 1.82) is 0 Å². The Kier molecular flexibility index (Phi) is 6.49. The molecular weight excluding hydrogens is 378 g/mol. The normalized spacial score (nSPS) is 10.0. The van der Waals surface area contributed by atoms with E-state index in [9.17, 15) is 9.59 Å². The summed E-state index contributed by atoms with van der Waals surface area (Å²) < 4.78 is 5.42. The van der Waals surface area contributed by atoms with E-state index in [0.717, 1.165) is 11.1 Å². The van der Waals surface area contributed by atoms with Crippen LogP contribution in [0.2, 0.25) is 5.02 Å². The second kappa shape index (κ2) is 9.43. The Hall–Kier alpha value is -3.51. The number of hydrogen-bond acceptors (Lipinski definition) is 3. The Morgan fingerprint density at radius 3 is 2.25 bits per heavy atom. The third-order valence-corrected chi connectivity index (χ3v) is 3.96. The van der Waals surface area contributed by atoms with Gasteiger partial charge in [0.15, 0.2) is 6.61 Å². The molecule has 3 aromatic rings. The number of ether oxygens (including phenoxy) is 1. The number of nitrogens with one attached hydrogen (secondary N) is 3. The van der Waals surface area contributed by atoms with Gasteiger partial charge >= 0.3 is 6.03 Å². The first-order valence-corrected chi connectivity index (χ1v) is 8.87. The van der Waals surface area contributed by atoms with Crippen molar-refractivity contribution in [1.82, 2.24) is 10.9 Å². The summed E-state index contributed by atoms with van der Waals surface area (Å²) in [5.74, 6) is 0.0617. The maximum Gasteiger partial charge on any atom is 0.337 e. The molecule has 28 heavy (non-hydrogen) atoms. The first-order chi connectivity index (χ1) is 13.6. The quantitative estimate of drug-likeness (QED) is 0.565. The number of anilines is 1. The minimum absolute atomic E-state index is 0.234. The molecule has 7 heteroatoms. The fraction of sp³-hybridized carbons (Fsp3) is 0.0476. The van der Waals surface area contributed by atoms with E-state index in [2.05, 4.69) is 16.2 Å². The molecule has 0 aliphatic heterocycles. The van der Waals surface area contributed by atoms with Crippen LogP contribution in [-0.2, 0) is 4.79 Å². The summed E-state index contributed by atoms with van der Waals surface area (Å²) in [7, 11) is 0. The summed E-state index contributed by atoms with van der Waals surface area (Å²) in [6.45, 7) is -0.234.